The summed E-state index contributed by atoms with van der Waals surface area (Å²) in [5.74, 6) is -10.5. The van der Waals surface area contributed by atoms with Crippen LogP contribution in [0.4, 0.5) is 13.2 Å². The zero-order chi connectivity index (χ0) is 53.6. The summed E-state index contributed by atoms with van der Waals surface area (Å²) in [5, 5.41) is 42.9. The first-order valence-corrected chi connectivity index (χ1v) is 25.1. The van der Waals surface area contributed by atoms with Crippen LogP contribution in [-0.4, -0.2) is 165 Å². The maximum atomic E-state index is 14.3. The van der Waals surface area contributed by atoms with Gasteiger partial charge >= 0.3 is 18.1 Å². The number of hydrogen-bond donors (Lipinski definition) is 11. The molecule has 13 N–H and O–H groups in total. The van der Waals surface area contributed by atoms with Crippen LogP contribution in [0.5, 0.6) is 5.75 Å². The zero-order valence-electron chi connectivity index (χ0n) is 39.6. The van der Waals surface area contributed by atoms with Gasteiger partial charge in [-0.25, -0.2) is 9.59 Å². The average Bonchev–Trinajstić information content (AvgIpc) is 3.80. The molecule has 23 nitrogen and oxygen atoms in total. The van der Waals surface area contributed by atoms with Crippen molar-refractivity contribution in [2.75, 3.05) is 31.2 Å². The van der Waals surface area contributed by atoms with Gasteiger partial charge in [-0.2, -0.15) is 13.2 Å². The predicted molar refractivity (Wildman–Crippen MR) is 252 cm³/mol. The molecule has 0 saturated carbocycles. The number of amides is 8. The molecule has 2 fully saturated rings. The van der Waals surface area contributed by atoms with Crippen LogP contribution in [0.15, 0.2) is 24.3 Å². The summed E-state index contributed by atoms with van der Waals surface area (Å²) in [7, 11) is 2.28. The Bertz CT molecular complexity index is 2020. The van der Waals surface area contributed by atoms with Gasteiger partial charge in [-0.3, -0.25) is 38.4 Å². The number of likely N-dealkylation sites (tertiary alicyclic amines) is 1. The normalized spacial score (nSPS) is 23.3. The summed E-state index contributed by atoms with van der Waals surface area (Å²) < 4.78 is 37.3. The number of carboxylic acids is 2. The quantitative estimate of drug-likeness (QED) is 0.0891. The molecule has 0 unspecified atom stereocenters. The molecule has 3 rings (SSSR count). The highest BCUT2D eigenvalue weighted by molar-refractivity contribution is 8.76. The second kappa shape index (κ2) is 30.1. The van der Waals surface area contributed by atoms with E-state index in [2.05, 4.69) is 31.9 Å². The number of carboxylic acid groups (broad SMARTS) is 2. The summed E-state index contributed by atoms with van der Waals surface area (Å²) in [6, 6.07) is -2.66. The van der Waals surface area contributed by atoms with Crippen LogP contribution in [0.3, 0.4) is 0 Å². The van der Waals surface area contributed by atoms with Gasteiger partial charge in [-0.1, -0.05) is 54.0 Å². The third-order valence-electron chi connectivity index (χ3n) is 11.0. The number of halogens is 3. The van der Waals surface area contributed by atoms with Crippen LogP contribution in [0.1, 0.15) is 78.2 Å². The molecule has 2 aliphatic rings. The number of hydrogen-bond acceptors (Lipinski definition) is 15. The van der Waals surface area contributed by atoms with Gasteiger partial charge in [0, 0.05) is 30.9 Å². The molecule has 1 aromatic carbocycles. The molecule has 1 aromatic rings. The minimum absolute atomic E-state index is 0.0321. The lowest BCUT2D eigenvalue weighted by molar-refractivity contribution is -0.192. The molecule has 0 aliphatic carbocycles. The van der Waals surface area contributed by atoms with Gasteiger partial charge in [0.2, 0.25) is 47.3 Å². The van der Waals surface area contributed by atoms with E-state index in [9.17, 15) is 66.5 Å². The van der Waals surface area contributed by atoms with Crippen molar-refractivity contribution < 1.29 is 81.2 Å². The van der Waals surface area contributed by atoms with E-state index in [1.807, 2.05) is 6.92 Å². The first-order valence-electron chi connectivity index (χ1n) is 22.6. The Balaban J connectivity index is 0.00000229. The second-order valence-electron chi connectivity index (χ2n) is 16.5. The predicted octanol–water partition coefficient (Wildman–Crippen LogP) is -0.928. The van der Waals surface area contributed by atoms with Crippen molar-refractivity contribution in [3.05, 3.63) is 29.8 Å². The molecule has 2 saturated heterocycles. The molecule has 9 atom stereocenters. The second-order valence-corrected chi connectivity index (χ2v) is 19.1. The number of carbonyl (C=O) groups excluding carboxylic acids is 8. The van der Waals surface area contributed by atoms with Crippen molar-refractivity contribution in [3.8, 4) is 5.75 Å². The molecule has 8 amide bonds. The number of alkyl halides is 3. The molecule has 0 aromatic heterocycles. The van der Waals surface area contributed by atoms with Crippen molar-refractivity contribution in [2.45, 2.75) is 134 Å². The van der Waals surface area contributed by atoms with Crippen LogP contribution in [0, 0.1) is 5.92 Å². The standard InChI is InChI=1S/C41H63N9O12S2.C2HF3O2/c1-5-22(3)33-38(57)49-34(23(4)51)39(58)46-28(20-31(43)52)35(54)47-29(40(59)50-17-8-10-30(50)37(56)45-26(41(60)61)9-7-16-42)21-64-63-18-15-32(53)44-27(36(55)48-33)19-24-11-13-25(14-12-24)62-6-2;3-2(4,5)1(6)7/h11-14,22-23,26-30,33-34,51H,5-10,15-21,42H2,1-4H3,(H2,43,52)(H,44,53)(H,45,56)(H,46,58)(H,47,54)(H,48,55)(H,49,57)(H,60,61);(H,6,7)/t22-,23+,26-,27+,28-,29-,30-,33-,34-;/m0./s1. The van der Waals surface area contributed by atoms with E-state index in [-0.39, 0.29) is 50.3 Å². The number of aliphatic hydroxyl groups is 1. The summed E-state index contributed by atoms with van der Waals surface area (Å²) >= 11 is 0. The number of rotatable bonds is 16. The van der Waals surface area contributed by atoms with Gasteiger partial charge in [0.1, 0.15) is 48.0 Å². The fourth-order valence-corrected chi connectivity index (χ4v) is 9.13. The van der Waals surface area contributed by atoms with Crippen molar-refractivity contribution in [1.29, 1.82) is 0 Å². The molecule has 2 aliphatic heterocycles. The van der Waals surface area contributed by atoms with Gasteiger partial charge < -0.3 is 68.3 Å². The Morgan fingerprint density at radius 2 is 1.49 bits per heavy atom. The molecular weight excluding hydrogens is 988 g/mol. The van der Waals surface area contributed by atoms with Crippen LogP contribution in [0.2, 0.25) is 0 Å². The third-order valence-corrected chi connectivity index (χ3v) is 13.4. The smallest absolute Gasteiger partial charge is 0.490 e. The largest absolute Gasteiger partial charge is 0.494 e. The van der Waals surface area contributed by atoms with E-state index in [1.165, 1.54) is 22.6 Å². The highest BCUT2D eigenvalue weighted by Gasteiger charge is 2.41. The molecule has 28 heteroatoms. The van der Waals surface area contributed by atoms with Crippen LogP contribution < -0.4 is 48.1 Å². The summed E-state index contributed by atoms with van der Waals surface area (Å²) in [5.41, 5.74) is 11.7. The highest BCUT2D eigenvalue weighted by Crippen LogP contribution is 2.26. The molecule has 0 radical (unpaired) electrons. The Kier molecular flexibility index (Phi) is 26.0. The fraction of sp³-hybridized carbons (Fsp3) is 0.628. The van der Waals surface area contributed by atoms with Crippen molar-refractivity contribution in [3.63, 3.8) is 0 Å². The van der Waals surface area contributed by atoms with E-state index in [1.54, 1.807) is 38.1 Å². The lowest BCUT2D eigenvalue weighted by Gasteiger charge is -2.31. The Labute approximate surface area is 415 Å². The number of ether oxygens (including phenoxy) is 1. The third kappa shape index (κ3) is 20.8. The van der Waals surface area contributed by atoms with Gasteiger partial charge in [-0.15, -0.1) is 0 Å². The Hall–Kier alpha value is -5.87. The number of nitrogens with zero attached hydrogens (tertiary/aromatic N) is 1. The van der Waals surface area contributed by atoms with Crippen molar-refractivity contribution in [1.82, 2.24) is 36.8 Å². The molecule has 71 heavy (non-hydrogen) atoms. The minimum atomic E-state index is -5.08. The highest BCUT2D eigenvalue weighted by atomic mass is 33.1. The van der Waals surface area contributed by atoms with E-state index in [0.29, 0.717) is 37.2 Å². The molecule has 0 bridgehead atoms. The van der Waals surface area contributed by atoms with Crippen molar-refractivity contribution in [2.24, 2.45) is 17.4 Å². The Morgan fingerprint density at radius 3 is 2.04 bits per heavy atom. The van der Waals surface area contributed by atoms with Crippen LogP contribution in [0.25, 0.3) is 0 Å². The monoisotopic (exact) mass is 1050 g/mol. The minimum Gasteiger partial charge on any atom is -0.494 e. The lowest BCUT2D eigenvalue weighted by atomic mass is 9.96. The maximum absolute atomic E-state index is 14.3. The van der Waals surface area contributed by atoms with E-state index in [4.69, 9.17) is 26.1 Å². The molecule has 0 spiro atoms. The number of primary amides is 1. The fourth-order valence-electron chi connectivity index (χ4n) is 6.98. The molecule has 2 heterocycles. The molecular formula is C43H64F3N9O14S2. The molecule has 398 valence electrons. The summed E-state index contributed by atoms with van der Waals surface area (Å²) in [4.78, 5) is 131. The first-order chi connectivity index (χ1) is 33.3. The van der Waals surface area contributed by atoms with Crippen LogP contribution >= 0.6 is 21.6 Å². The van der Waals surface area contributed by atoms with E-state index >= 15 is 0 Å². The number of nitrogens with one attached hydrogen (secondary N) is 6. The Morgan fingerprint density at radius 1 is 0.887 bits per heavy atom. The van der Waals surface area contributed by atoms with E-state index < -0.39 is 126 Å². The number of nitrogens with two attached hydrogens (primary N) is 2. The maximum Gasteiger partial charge on any atom is 0.490 e. The number of aliphatic carboxylic acids is 2. The first kappa shape index (κ1) is 61.3. The zero-order valence-corrected chi connectivity index (χ0v) is 41.2. The van der Waals surface area contributed by atoms with Crippen molar-refractivity contribution >= 4 is 80.8 Å². The van der Waals surface area contributed by atoms with Crippen LogP contribution in [-0.2, 0) is 54.4 Å². The number of carbonyl (C=O) groups is 10. The summed E-state index contributed by atoms with van der Waals surface area (Å²) in [6.45, 7) is 7.23. The van der Waals surface area contributed by atoms with Gasteiger partial charge in [0.15, 0.2) is 0 Å². The van der Waals surface area contributed by atoms with Gasteiger partial charge in [0.25, 0.3) is 0 Å². The SMILES string of the molecule is CCOc1ccc(C[C@H]2NC(=O)CCSSC[C@@H](C(=O)N3CCC[C@H]3C(=O)N[C@@H](CCCN)C(=O)O)NC(=O)[C@H](CC(N)=O)NC(=O)[C@H]([C@@H](C)O)NC(=O)[C@H]([C@@H](C)CC)NC2=O)cc1.O=C(O)C(F)(F)F. The topological polar surface area (TPSA) is 368 Å². The average molecular weight is 1050 g/mol. The van der Waals surface area contributed by atoms with E-state index in [0.717, 1.165) is 10.8 Å². The van der Waals surface area contributed by atoms with Gasteiger partial charge in [0.05, 0.1) is 19.1 Å². The number of benzene rings is 1. The lowest BCUT2D eigenvalue weighted by Crippen LogP contribution is -2.63. The summed E-state index contributed by atoms with van der Waals surface area (Å²) in [6.07, 6.45) is -6.13. The number of aliphatic hydroxyl groups excluding tert-OH is 1. The van der Waals surface area contributed by atoms with Gasteiger partial charge in [-0.05, 0) is 69.7 Å².